The number of esters is 1. The quantitative estimate of drug-likeness (QED) is 0.579. The first-order chi connectivity index (χ1) is 10.5. The van der Waals surface area contributed by atoms with Crippen LogP contribution in [0.2, 0.25) is 0 Å². The maximum Gasteiger partial charge on any atom is 0.330 e. The van der Waals surface area contributed by atoms with Crippen molar-refractivity contribution in [1.82, 2.24) is 4.90 Å². The van der Waals surface area contributed by atoms with Gasteiger partial charge in [0, 0.05) is 25.5 Å². The van der Waals surface area contributed by atoms with Crippen molar-refractivity contribution in [2.24, 2.45) is 11.8 Å². The predicted octanol–water partition coefficient (Wildman–Crippen LogP) is 2.97. The molecular weight excluding hydrogens is 278 g/mol. The van der Waals surface area contributed by atoms with Gasteiger partial charge in [-0.2, -0.15) is 0 Å². The Kier molecular flexibility index (Phi) is 6.62. The van der Waals surface area contributed by atoms with Crippen molar-refractivity contribution in [1.29, 1.82) is 0 Å². The van der Waals surface area contributed by atoms with Gasteiger partial charge in [-0.05, 0) is 64.5 Å². The van der Waals surface area contributed by atoms with E-state index in [9.17, 15) is 9.59 Å². The van der Waals surface area contributed by atoms with Crippen LogP contribution in [-0.2, 0) is 14.3 Å². The number of ketones is 1. The topological polar surface area (TPSA) is 46.6 Å². The van der Waals surface area contributed by atoms with Crippen LogP contribution in [0.3, 0.4) is 0 Å². The van der Waals surface area contributed by atoms with Crippen LogP contribution in [0.15, 0.2) is 11.6 Å². The van der Waals surface area contributed by atoms with Gasteiger partial charge in [-0.1, -0.05) is 5.57 Å². The summed E-state index contributed by atoms with van der Waals surface area (Å²) in [5.74, 6) is 1.72. The molecule has 0 aliphatic heterocycles. The fraction of sp³-hybridized carbons (Fsp3) is 0.778. The van der Waals surface area contributed by atoms with E-state index in [0.29, 0.717) is 12.4 Å². The van der Waals surface area contributed by atoms with Gasteiger partial charge in [0.25, 0.3) is 0 Å². The van der Waals surface area contributed by atoms with E-state index < -0.39 is 0 Å². The van der Waals surface area contributed by atoms with E-state index in [0.717, 1.165) is 69.7 Å². The van der Waals surface area contributed by atoms with Gasteiger partial charge < -0.3 is 9.64 Å². The van der Waals surface area contributed by atoms with E-state index in [1.807, 2.05) is 19.0 Å². The summed E-state index contributed by atoms with van der Waals surface area (Å²) in [5, 5.41) is 0. The molecule has 2 fully saturated rings. The van der Waals surface area contributed by atoms with Crippen LogP contribution in [0.1, 0.15) is 51.4 Å². The SMILES string of the molecule is CN(C)CCOC(=O)C=C1CCC(C2CCC(=O)CC2)CC1. The van der Waals surface area contributed by atoms with Crippen molar-refractivity contribution in [3.63, 3.8) is 0 Å². The van der Waals surface area contributed by atoms with Crippen molar-refractivity contribution < 1.29 is 14.3 Å². The molecule has 0 aromatic heterocycles. The zero-order valence-electron chi connectivity index (χ0n) is 14.0. The maximum absolute atomic E-state index is 11.8. The molecule has 0 amide bonds. The summed E-state index contributed by atoms with van der Waals surface area (Å²) in [4.78, 5) is 25.1. The second kappa shape index (κ2) is 8.47. The molecule has 0 spiro atoms. The number of hydrogen-bond donors (Lipinski definition) is 0. The van der Waals surface area contributed by atoms with Crippen LogP contribution in [-0.4, -0.2) is 43.9 Å². The first kappa shape index (κ1) is 17.2. The lowest BCUT2D eigenvalue weighted by Gasteiger charge is -2.33. The molecule has 0 atom stereocenters. The third-order valence-electron chi connectivity index (χ3n) is 5.03. The van der Waals surface area contributed by atoms with E-state index in [4.69, 9.17) is 4.74 Å². The van der Waals surface area contributed by atoms with Gasteiger partial charge in [0.1, 0.15) is 12.4 Å². The summed E-state index contributed by atoms with van der Waals surface area (Å²) >= 11 is 0. The fourth-order valence-corrected chi connectivity index (χ4v) is 3.60. The molecule has 124 valence electrons. The lowest BCUT2D eigenvalue weighted by atomic mass is 9.72. The van der Waals surface area contributed by atoms with Crippen LogP contribution in [0, 0.1) is 11.8 Å². The zero-order valence-corrected chi connectivity index (χ0v) is 14.0. The molecule has 4 heteroatoms. The molecule has 2 aliphatic carbocycles. The Bertz CT molecular complexity index is 408. The summed E-state index contributed by atoms with van der Waals surface area (Å²) in [5.41, 5.74) is 1.23. The number of carbonyl (C=O) groups excluding carboxylic acids is 2. The van der Waals surface area contributed by atoms with Crippen molar-refractivity contribution in [2.75, 3.05) is 27.2 Å². The Balaban J connectivity index is 1.71. The summed E-state index contributed by atoms with van der Waals surface area (Å²) in [6, 6.07) is 0. The molecule has 22 heavy (non-hydrogen) atoms. The minimum Gasteiger partial charge on any atom is -0.461 e. The molecule has 0 radical (unpaired) electrons. The van der Waals surface area contributed by atoms with Gasteiger partial charge >= 0.3 is 5.97 Å². The number of rotatable bonds is 5. The molecular formula is C18H29NO3. The summed E-state index contributed by atoms with van der Waals surface area (Å²) < 4.78 is 5.22. The normalized spacial score (nSPS) is 23.7. The Morgan fingerprint density at radius 3 is 2.18 bits per heavy atom. The molecule has 0 saturated heterocycles. The Morgan fingerprint density at radius 2 is 1.64 bits per heavy atom. The molecule has 2 saturated carbocycles. The van der Waals surface area contributed by atoms with Crippen LogP contribution in [0.25, 0.3) is 0 Å². The lowest BCUT2D eigenvalue weighted by molar-refractivity contribution is -0.138. The van der Waals surface area contributed by atoms with E-state index in [-0.39, 0.29) is 5.97 Å². The van der Waals surface area contributed by atoms with E-state index in [1.165, 1.54) is 5.57 Å². The largest absolute Gasteiger partial charge is 0.461 e. The third kappa shape index (κ3) is 5.56. The van der Waals surface area contributed by atoms with E-state index in [1.54, 1.807) is 6.08 Å². The van der Waals surface area contributed by atoms with Crippen LogP contribution >= 0.6 is 0 Å². The standard InChI is InChI=1S/C18H29NO3/c1-19(2)11-12-22-18(21)13-14-3-5-15(6-4-14)16-7-9-17(20)10-8-16/h13,15-16H,3-12H2,1-2H3. The molecule has 0 aromatic rings. The average Bonchev–Trinajstić information content (AvgIpc) is 2.48. The number of Topliss-reactive ketones (excluding diaryl/α,β-unsaturated/α-hetero) is 1. The van der Waals surface area contributed by atoms with Crippen molar-refractivity contribution >= 4 is 11.8 Å². The first-order valence-electron chi connectivity index (χ1n) is 8.57. The second-order valence-electron chi connectivity index (χ2n) is 6.99. The van der Waals surface area contributed by atoms with Crippen LogP contribution in [0.5, 0.6) is 0 Å². The van der Waals surface area contributed by atoms with Crippen molar-refractivity contribution in [3.05, 3.63) is 11.6 Å². The summed E-state index contributed by atoms with van der Waals surface area (Å²) in [6.07, 6.45) is 9.77. The minimum atomic E-state index is -0.196. The van der Waals surface area contributed by atoms with E-state index >= 15 is 0 Å². The number of hydrogen-bond acceptors (Lipinski definition) is 4. The zero-order chi connectivity index (χ0) is 15.9. The van der Waals surface area contributed by atoms with Gasteiger partial charge in [-0.3, -0.25) is 4.79 Å². The predicted molar refractivity (Wildman–Crippen MR) is 86.5 cm³/mol. The molecule has 0 heterocycles. The molecule has 4 nitrogen and oxygen atoms in total. The van der Waals surface area contributed by atoms with Gasteiger partial charge in [0.05, 0.1) is 0 Å². The number of allylic oxidation sites excluding steroid dienone is 1. The Morgan fingerprint density at radius 1 is 1.09 bits per heavy atom. The summed E-state index contributed by atoms with van der Waals surface area (Å²) in [7, 11) is 3.93. The third-order valence-corrected chi connectivity index (χ3v) is 5.03. The number of nitrogens with zero attached hydrogens (tertiary/aromatic N) is 1. The molecule has 0 N–H and O–H groups in total. The van der Waals surface area contributed by atoms with Gasteiger partial charge in [0.2, 0.25) is 0 Å². The number of carbonyl (C=O) groups is 2. The Hall–Kier alpha value is -1.16. The smallest absolute Gasteiger partial charge is 0.330 e. The van der Waals surface area contributed by atoms with Crippen LogP contribution < -0.4 is 0 Å². The molecule has 2 rings (SSSR count). The second-order valence-corrected chi connectivity index (χ2v) is 6.99. The van der Waals surface area contributed by atoms with Gasteiger partial charge in [0.15, 0.2) is 0 Å². The lowest BCUT2D eigenvalue weighted by Crippen LogP contribution is -2.24. The van der Waals surface area contributed by atoms with Crippen LogP contribution in [0.4, 0.5) is 0 Å². The highest BCUT2D eigenvalue weighted by Crippen LogP contribution is 2.38. The highest BCUT2D eigenvalue weighted by molar-refractivity contribution is 5.82. The molecule has 0 unspecified atom stereocenters. The van der Waals surface area contributed by atoms with Gasteiger partial charge in [-0.25, -0.2) is 4.79 Å². The fourth-order valence-electron chi connectivity index (χ4n) is 3.60. The molecule has 2 aliphatic rings. The highest BCUT2D eigenvalue weighted by Gasteiger charge is 2.28. The number of likely N-dealkylation sites (N-methyl/N-ethyl adjacent to an activating group) is 1. The Labute approximate surface area is 133 Å². The minimum absolute atomic E-state index is 0.196. The number of ether oxygens (including phenoxy) is 1. The first-order valence-corrected chi connectivity index (χ1v) is 8.57. The van der Waals surface area contributed by atoms with Crippen molar-refractivity contribution in [2.45, 2.75) is 51.4 Å². The average molecular weight is 307 g/mol. The van der Waals surface area contributed by atoms with Gasteiger partial charge in [-0.15, -0.1) is 0 Å². The molecule has 0 aromatic carbocycles. The molecule has 0 bridgehead atoms. The van der Waals surface area contributed by atoms with Crippen molar-refractivity contribution in [3.8, 4) is 0 Å². The summed E-state index contributed by atoms with van der Waals surface area (Å²) in [6.45, 7) is 1.21. The maximum atomic E-state index is 11.8. The highest BCUT2D eigenvalue weighted by atomic mass is 16.5. The van der Waals surface area contributed by atoms with E-state index in [2.05, 4.69) is 0 Å². The monoisotopic (exact) mass is 307 g/mol.